The summed E-state index contributed by atoms with van der Waals surface area (Å²) in [4.78, 5) is 23.5. The molecule has 2 rings (SSSR count). The maximum absolute atomic E-state index is 13.7. The van der Waals surface area contributed by atoms with Gasteiger partial charge in [-0.1, -0.05) is 0 Å². The first-order valence-corrected chi connectivity index (χ1v) is 8.01. The summed E-state index contributed by atoms with van der Waals surface area (Å²) >= 11 is 0. The summed E-state index contributed by atoms with van der Waals surface area (Å²) in [6.45, 7) is -0.00356. The van der Waals surface area contributed by atoms with E-state index in [1.807, 2.05) is 0 Å². The maximum Gasteiger partial charge on any atom is 0.338 e. The first-order valence-electron chi connectivity index (χ1n) is 6.57. The third-order valence-corrected chi connectivity index (χ3v) is 5.14. The highest BCUT2D eigenvalue weighted by Crippen LogP contribution is 2.22. The van der Waals surface area contributed by atoms with Crippen molar-refractivity contribution in [1.82, 2.24) is 9.21 Å². The molecule has 1 aliphatic heterocycles. The van der Waals surface area contributed by atoms with E-state index in [4.69, 9.17) is 9.84 Å². The molecule has 1 N–H and O–H groups in total. The number of carbonyl (C=O) groups is 2. The van der Waals surface area contributed by atoms with Crippen LogP contribution in [-0.4, -0.2) is 68.1 Å². The van der Waals surface area contributed by atoms with Crippen molar-refractivity contribution in [2.24, 2.45) is 0 Å². The first-order chi connectivity index (χ1) is 10.8. The Labute approximate surface area is 132 Å². The number of carboxylic acid groups (broad SMARTS) is 1. The molecule has 0 aromatic heterocycles. The van der Waals surface area contributed by atoms with Gasteiger partial charge in [0.05, 0.1) is 30.3 Å². The molecule has 10 heteroatoms. The molecule has 0 saturated carbocycles. The number of methoxy groups -OCH3 is 1. The Bertz CT molecular complexity index is 736. The number of halogens is 1. The van der Waals surface area contributed by atoms with Crippen LogP contribution in [0.3, 0.4) is 0 Å². The maximum atomic E-state index is 13.7. The molecule has 1 heterocycles. The molecule has 0 radical (unpaired) electrons. The summed E-state index contributed by atoms with van der Waals surface area (Å²) in [5.41, 5.74) is -0.622. The molecule has 1 aliphatic rings. The fourth-order valence-corrected chi connectivity index (χ4v) is 3.47. The van der Waals surface area contributed by atoms with Crippen molar-refractivity contribution >= 4 is 21.9 Å². The molecule has 0 unspecified atom stereocenters. The zero-order valence-electron chi connectivity index (χ0n) is 12.2. The molecule has 1 aromatic carbocycles. The summed E-state index contributed by atoms with van der Waals surface area (Å²) in [5, 5.41) is 8.76. The Morgan fingerprint density at radius 2 is 2.13 bits per heavy atom. The van der Waals surface area contributed by atoms with Crippen LogP contribution in [0.2, 0.25) is 0 Å². The largest absolute Gasteiger partial charge is 0.478 e. The van der Waals surface area contributed by atoms with Crippen LogP contribution >= 0.6 is 0 Å². The summed E-state index contributed by atoms with van der Waals surface area (Å²) in [5.74, 6) is -3.03. The third kappa shape index (κ3) is 3.49. The number of amides is 1. The van der Waals surface area contributed by atoms with E-state index >= 15 is 0 Å². The van der Waals surface area contributed by atoms with Gasteiger partial charge in [-0.15, -0.1) is 0 Å². The Hall–Kier alpha value is -2.04. The predicted molar refractivity (Wildman–Crippen MR) is 75.7 cm³/mol. The number of benzene rings is 1. The number of carboxylic acids is 1. The summed E-state index contributed by atoms with van der Waals surface area (Å²) in [6.07, 6.45) is 0. The van der Waals surface area contributed by atoms with Gasteiger partial charge in [0.1, 0.15) is 5.82 Å². The van der Waals surface area contributed by atoms with E-state index in [0.717, 1.165) is 16.4 Å². The quantitative estimate of drug-likeness (QED) is 0.775. The van der Waals surface area contributed by atoms with Crippen molar-refractivity contribution in [2.45, 2.75) is 4.90 Å². The van der Waals surface area contributed by atoms with Crippen LogP contribution in [0.15, 0.2) is 23.1 Å². The van der Waals surface area contributed by atoms with Crippen LogP contribution in [0.1, 0.15) is 10.4 Å². The average Bonchev–Trinajstić information content (AvgIpc) is 2.86. The fourth-order valence-electron chi connectivity index (χ4n) is 2.11. The summed E-state index contributed by atoms with van der Waals surface area (Å²) in [6, 6.07) is 2.52. The molecule has 1 saturated heterocycles. The molecular weight excluding hydrogens is 331 g/mol. The highest BCUT2D eigenvalue weighted by atomic mass is 32.2. The van der Waals surface area contributed by atoms with E-state index in [1.54, 1.807) is 0 Å². The van der Waals surface area contributed by atoms with E-state index in [1.165, 1.54) is 12.0 Å². The number of carbonyl (C=O) groups excluding carboxylic acids is 1. The van der Waals surface area contributed by atoms with Crippen LogP contribution in [0.4, 0.5) is 4.39 Å². The first kappa shape index (κ1) is 17.3. The lowest BCUT2D eigenvalue weighted by Gasteiger charge is -2.18. The minimum atomic E-state index is -4.10. The van der Waals surface area contributed by atoms with Gasteiger partial charge in [-0.2, -0.15) is 4.31 Å². The van der Waals surface area contributed by atoms with E-state index in [0.29, 0.717) is 6.07 Å². The molecule has 1 aromatic rings. The zero-order valence-corrected chi connectivity index (χ0v) is 13.0. The zero-order chi connectivity index (χ0) is 17.2. The van der Waals surface area contributed by atoms with Crippen molar-refractivity contribution in [1.29, 1.82) is 0 Å². The second kappa shape index (κ2) is 6.60. The predicted octanol–water partition coefficient (Wildman–Crippen LogP) is -0.0393. The van der Waals surface area contributed by atoms with Crippen molar-refractivity contribution < 1.29 is 32.2 Å². The third-order valence-electron chi connectivity index (χ3n) is 3.37. The van der Waals surface area contributed by atoms with Gasteiger partial charge in [0.15, 0.2) is 0 Å². The highest BCUT2D eigenvalue weighted by Gasteiger charge is 2.36. The number of aromatic carboxylic acids is 1. The lowest BCUT2D eigenvalue weighted by Crippen LogP contribution is -2.33. The standard InChI is InChI=1S/C13H15FN2O6S/c1-22-5-4-15-8-16(7-12(15)17)23(20,21)9-2-3-10(13(18)19)11(14)6-9/h2-3,6H,4-5,7-8H2,1H3,(H,18,19). The number of hydrogen-bond donors (Lipinski definition) is 1. The number of nitrogens with zero attached hydrogens (tertiary/aromatic N) is 2. The molecular formula is C13H15FN2O6S. The van der Waals surface area contributed by atoms with Gasteiger partial charge < -0.3 is 14.7 Å². The van der Waals surface area contributed by atoms with E-state index in [9.17, 15) is 22.4 Å². The Morgan fingerprint density at radius 3 is 2.70 bits per heavy atom. The number of rotatable bonds is 6. The minimum absolute atomic E-state index is 0.160. The van der Waals surface area contributed by atoms with Crippen molar-refractivity contribution in [3.05, 3.63) is 29.6 Å². The molecule has 8 nitrogen and oxygen atoms in total. The van der Waals surface area contributed by atoms with E-state index in [2.05, 4.69) is 0 Å². The van der Waals surface area contributed by atoms with Crippen molar-refractivity contribution in [3.8, 4) is 0 Å². The minimum Gasteiger partial charge on any atom is -0.478 e. The van der Waals surface area contributed by atoms with Crippen LogP contribution in [0.5, 0.6) is 0 Å². The van der Waals surface area contributed by atoms with Gasteiger partial charge in [0.2, 0.25) is 15.9 Å². The van der Waals surface area contributed by atoms with Crippen molar-refractivity contribution in [2.75, 3.05) is 33.5 Å². The molecule has 126 valence electrons. The summed E-state index contributed by atoms with van der Waals surface area (Å²) in [7, 11) is -2.64. The van der Waals surface area contributed by atoms with Gasteiger partial charge in [0.25, 0.3) is 0 Å². The van der Waals surface area contributed by atoms with E-state index in [-0.39, 0.29) is 32.3 Å². The van der Waals surface area contributed by atoms with E-state index < -0.39 is 32.3 Å². The smallest absolute Gasteiger partial charge is 0.338 e. The Balaban J connectivity index is 2.24. The normalized spacial score (nSPS) is 16.1. The van der Waals surface area contributed by atoms with Gasteiger partial charge in [-0.25, -0.2) is 17.6 Å². The highest BCUT2D eigenvalue weighted by molar-refractivity contribution is 7.89. The molecule has 1 fully saturated rings. The van der Waals surface area contributed by atoms with Gasteiger partial charge in [0, 0.05) is 13.7 Å². The number of ether oxygens (including phenoxy) is 1. The second-order valence-electron chi connectivity index (χ2n) is 4.85. The van der Waals surface area contributed by atoms with Gasteiger partial charge in [-0.3, -0.25) is 4.79 Å². The molecule has 0 bridgehead atoms. The SMILES string of the molecule is COCCN1CN(S(=O)(=O)c2ccc(C(=O)O)c(F)c2)CC1=O. The molecule has 0 atom stereocenters. The van der Waals surface area contributed by atoms with Crippen molar-refractivity contribution in [3.63, 3.8) is 0 Å². The Morgan fingerprint density at radius 1 is 1.43 bits per heavy atom. The average molecular weight is 346 g/mol. The number of hydrogen-bond acceptors (Lipinski definition) is 5. The lowest BCUT2D eigenvalue weighted by atomic mass is 10.2. The van der Waals surface area contributed by atoms with Crippen LogP contribution in [0.25, 0.3) is 0 Å². The number of sulfonamides is 1. The van der Waals surface area contributed by atoms with Crippen LogP contribution < -0.4 is 0 Å². The summed E-state index contributed by atoms with van der Waals surface area (Å²) < 4.78 is 44.3. The molecule has 23 heavy (non-hydrogen) atoms. The molecule has 1 amide bonds. The van der Waals surface area contributed by atoms with Gasteiger partial charge >= 0.3 is 5.97 Å². The lowest BCUT2D eigenvalue weighted by molar-refractivity contribution is -0.127. The monoisotopic (exact) mass is 346 g/mol. The Kier molecular flexibility index (Phi) is 4.97. The fraction of sp³-hybridized carbons (Fsp3) is 0.385. The second-order valence-corrected chi connectivity index (χ2v) is 6.79. The van der Waals surface area contributed by atoms with Crippen LogP contribution in [0, 0.1) is 5.82 Å². The molecule has 0 aliphatic carbocycles. The van der Waals surface area contributed by atoms with Crippen LogP contribution in [-0.2, 0) is 19.6 Å². The van der Waals surface area contributed by atoms with Gasteiger partial charge in [-0.05, 0) is 18.2 Å². The molecule has 0 spiro atoms. The topological polar surface area (TPSA) is 104 Å².